The molecule has 0 saturated carbocycles. The predicted octanol–water partition coefficient (Wildman–Crippen LogP) is 5.07. The lowest BCUT2D eigenvalue weighted by Gasteiger charge is -2.11. The molecule has 0 bridgehead atoms. The van der Waals surface area contributed by atoms with Crippen LogP contribution in [0.4, 0.5) is 17.1 Å². The molecule has 0 saturated heterocycles. The van der Waals surface area contributed by atoms with Gasteiger partial charge in [-0.15, -0.1) is 0 Å². The monoisotopic (exact) mass is 375 g/mol. The summed E-state index contributed by atoms with van der Waals surface area (Å²) in [6, 6.07) is 27.2. The molecule has 4 nitrogen and oxygen atoms in total. The molecule has 27 heavy (non-hydrogen) atoms. The van der Waals surface area contributed by atoms with Crippen LogP contribution in [0.2, 0.25) is 0 Å². The normalized spacial score (nSPS) is 10.1. The Kier molecular flexibility index (Phi) is 6.55. The average Bonchev–Trinajstić information content (AvgIpc) is 2.69. The predicted molar refractivity (Wildman–Crippen MR) is 116 cm³/mol. The fraction of sp³-hybridized carbons (Fsp3) is 0.0909. The molecule has 0 aliphatic heterocycles. The van der Waals surface area contributed by atoms with Gasteiger partial charge in [-0.05, 0) is 60.6 Å². The minimum atomic E-state index is 0.000766. The van der Waals surface area contributed by atoms with Crippen LogP contribution in [0.5, 0.6) is 0 Å². The number of carbonyl (C=O) groups is 1. The van der Waals surface area contributed by atoms with E-state index >= 15 is 0 Å². The molecule has 3 aromatic rings. The summed E-state index contributed by atoms with van der Waals surface area (Å²) >= 11 is 5.31. The fourth-order valence-corrected chi connectivity index (χ4v) is 2.81. The van der Waals surface area contributed by atoms with E-state index < -0.39 is 0 Å². The summed E-state index contributed by atoms with van der Waals surface area (Å²) in [6.45, 7) is 0. The number of aryl methyl sites for hydroxylation is 1. The lowest BCUT2D eigenvalue weighted by molar-refractivity contribution is -0.116. The Morgan fingerprint density at radius 2 is 1.15 bits per heavy atom. The van der Waals surface area contributed by atoms with Crippen LogP contribution >= 0.6 is 12.2 Å². The summed E-state index contributed by atoms with van der Waals surface area (Å²) in [6.07, 6.45) is 1.18. The molecule has 0 aliphatic carbocycles. The van der Waals surface area contributed by atoms with Gasteiger partial charge < -0.3 is 16.0 Å². The van der Waals surface area contributed by atoms with Gasteiger partial charge in [0, 0.05) is 23.5 Å². The van der Waals surface area contributed by atoms with Crippen molar-refractivity contribution in [2.75, 3.05) is 16.0 Å². The summed E-state index contributed by atoms with van der Waals surface area (Å²) in [4.78, 5) is 12.1. The molecule has 0 aromatic heterocycles. The third kappa shape index (κ3) is 6.24. The van der Waals surface area contributed by atoms with E-state index in [2.05, 4.69) is 16.0 Å². The number of rotatable bonds is 6. The van der Waals surface area contributed by atoms with Crippen molar-refractivity contribution in [2.24, 2.45) is 0 Å². The Morgan fingerprint density at radius 1 is 0.667 bits per heavy atom. The number of benzene rings is 3. The SMILES string of the molecule is O=C(CCc1ccccc1)Nc1ccc(NC(=S)Nc2ccccc2)cc1. The maximum absolute atomic E-state index is 12.1. The number of thiocarbonyl (C=S) groups is 1. The molecule has 0 unspecified atom stereocenters. The van der Waals surface area contributed by atoms with Crippen molar-refractivity contribution in [2.45, 2.75) is 12.8 Å². The Hall–Kier alpha value is -3.18. The highest BCUT2D eigenvalue weighted by Gasteiger charge is 2.04. The van der Waals surface area contributed by atoms with Crippen LogP contribution in [0, 0.1) is 0 Å². The second kappa shape index (κ2) is 9.50. The first-order chi connectivity index (χ1) is 13.2. The van der Waals surface area contributed by atoms with E-state index in [9.17, 15) is 4.79 Å². The fourth-order valence-electron chi connectivity index (χ4n) is 2.58. The summed E-state index contributed by atoms with van der Waals surface area (Å²) in [5, 5.41) is 9.68. The highest BCUT2D eigenvalue weighted by atomic mass is 32.1. The van der Waals surface area contributed by atoms with Crippen LogP contribution in [0.3, 0.4) is 0 Å². The molecule has 3 rings (SSSR count). The van der Waals surface area contributed by atoms with Crippen LogP contribution in [0.1, 0.15) is 12.0 Å². The maximum atomic E-state index is 12.1. The molecule has 0 aliphatic rings. The van der Waals surface area contributed by atoms with Gasteiger partial charge in [0.1, 0.15) is 0 Å². The molecule has 0 radical (unpaired) electrons. The molecule has 5 heteroatoms. The van der Waals surface area contributed by atoms with Crippen molar-refractivity contribution in [1.82, 2.24) is 0 Å². The lowest BCUT2D eigenvalue weighted by atomic mass is 10.1. The Balaban J connectivity index is 1.46. The first kappa shape index (κ1) is 18.6. The largest absolute Gasteiger partial charge is 0.332 e. The second-order valence-corrected chi connectivity index (χ2v) is 6.46. The van der Waals surface area contributed by atoms with Crippen molar-refractivity contribution in [3.8, 4) is 0 Å². The first-order valence-corrected chi connectivity index (χ1v) is 9.17. The van der Waals surface area contributed by atoms with Gasteiger partial charge in [0.25, 0.3) is 0 Å². The zero-order valence-electron chi connectivity index (χ0n) is 14.8. The first-order valence-electron chi connectivity index (χ1n) is 8.76. The topological polar surface area (TPSA) is 53.2 Å². The van der Waals surface area contributed by atoms with Crippen LogP contribution in [-0.4, -0.2) is 11.0 Å². The molecule has 0 fully saturated rings. The molecule has 3 aromatic carbocycles. The van der Waals surface area contributed by atoms with E-state index in [0.717, 1.165) is 29.0 Å². The van der Waals surface area contributed by atoms with Gasteiger partial charge in [-0.1, -0.05) is 48.5 Å². The van der Waals surface area contributed by atoms with Gasteiger partial charge >= 0.3 is 0 Å². The lowest BCUT2D eigenvalue weighted by Crippen LogP contribution is -2.19. The van der Waals surface area contributed by atoms with Crippen molar-refractivity contribution >= 4 is 40.3 Å². The minimum Gasteiger partial charge on any atom is -0.332 e. The molecule has 1 amide bonds. The number of para-hydroxylation sites is 1. The molecular weight excluding hydrogens is 354 g/mol. The molecule has 0 heterocycles. The third-order valence-corrected chi connectivity index (χ3v) is 4.15. The maximum Gasteiger partial charge on any atom is 0.224 e. The minimum absolute atomic E-state index is 0.000766. The zero-order chi connectivity index (χ0) is 18.9. The van der Waals surface area contributed by atoms with Crippen molar-refractivity contribution < 1.29 is 4.79 Å². The van der Waals surface area contributed by atoms with Crippen molar-refractivity contribution in [1.29, 1.82) is 0 Å². The van der Waals surface area contributed by atoms with E-state index in [1.54, 1.807) is 0 Å². The second-order valence-electron chi connectivity index (χ2n) is 6.06. The quantitative estimate of drug-likeness (QED) is 0.527. The smallest absolute Gasteiger partial charge is 0.224 e. The average molecular weight is 375 g/mol. The number of hydrogen-bond donors (Lipinski definition) is 3. The highest BCUT2D eigenvalue weighted by Crippen LogP contribution is 2.15. The van der Waals surface area contributed by atoms with Gasteiger partial charge in [-0.25, -0.2) is 0 Å². The number of anilines is 3. The summed E-state index contributed by atoms with van der Waals surface area (Å²) in [5.41, 5.74) is 3.70. The number of nitrogens with one attached hydrogen (secondary N) is 3. The molecule has 0 spiro atoms. The highest BCUT2D eigenvalue weighted by molar-refractivity contribution is 7.80. The van der Waals surface area contributed by atoms with Crippen molar-refractivity contribution in [3.05, 3.63) is 90.5 Å². The number of amides is 1. The van der Waals surface area contributed by atoms with Gasteiger partial charge in [0.05, 0.1) is 0 Å². The van der Waals surface area contributed by atoms with Crippen LogP contribution < -0.4 is 16.0 Å². The standard InChI is InChI=1S/C22H21N3OS/c26-21(16-11-17-7-3-1-4-8-17)23-19-12-14-20(15-13-19)25-22(27)24-18-9-5-2-6-10-18/h1-10,12-15H,11,16H2,(H,23,26)(H2,24,25,27). The van der Waals surface area contributed by atoms with E-state index in [0.29, 0.717) is 11.5 Å². The Morgan fingerprint density at radius 3 is 1.74 bits per heavy atom. The Bertz CT molecular complexity index is 880. The van der Waals surface area contributed by atoms with Gasteiger partial charge in [0.15, 0.2) is 5.11 Å². The number of hydrogen-bond acceptors (Lipinski definition) is 2. The van der Waals surface area contributed by atoms with E-state index in [-0.39, 0.29) is 5.91 Å². The zero-order valence-corrected chi connectivity index (χ0v) is 15.6. The summed E-state index contributed by atoms with van der Waals surface area (Å²) in [7, 11) is 0. The molecule has 136 valence electrons. The van der Waals surface area contributed by atoms with Crippen LogP contribution in [-0.2, 0) is 11.2 Å². The van der Waals surface area contributed by atoms with E-state index in [4.69, 9.17) is 12.2 Å². The molecule has 3 N–H and O–H groups in total. The van der Waals surface area contributed by atoms with Gasteiger partial charge in [-0.3, -0.25) is 4.79 Å². The Labute approximate surface area is 164 Å². The summed E-state index contributed by atoms with van der Waals surface area (Å²) < 4.78 is 0. The van der Waals surface area contributed by atoms with Crippen LogP contribution in [0.15, 0.2) is 84.9 Å². The molecule has 0 atom stereocenters. The van der Waals surface area contributed by atoms with Gasteiger partial charge in [-0.2, -0.15) is 0 Å². The number of carbonyl (C=O) groups excluding carboxylic acids is 1. The van der Waals surface area contributed by atoms with E-state index in [1.165, 1.54) is 0 Å². The van der Waals surface area contributed by atoms with E-state index in [1.807, 2.05) is 84.9 Å². The van der Waals surface area contributed by atoms with Gasteiger partial charge in [0.2, 0.25) is 5.91 Å². The van der Waals surface area contributed by atoms with Crippen molar-refractivity contribution in [3.63, 3.8) is 0 Å². The summed E-state index contributed by atoms with van der Waals surface area (Å²) in [5.74, 6) is 0.000766. The molecular formula is C22H21N3OS. The third-order valence-electron chi connectivity index (χ3n) is 3.94. The van der Waals surface area contributed by atoms with Crippen LogP contribution in [0.25, 0.3) is 0 Å².